The molecule has 2 bridgehead atoms. The zero-order valence-electron chi connectivity index (χ0n) is 8.69. The Morgan fingerprint density at radius 3 is 3.00 bits per heavy atom. The van der Waals surface area contributed by atoms with Gasteiger partial charge in [-0.2, -0.15) is 0 Å². The van der Waals surface area contributed by atoms with Crippen LogP contribution in [-0.2, 0) is 0 Å². The number of aromatic amines is 1. The lowest BCUT2D eigenvalue weighted by molar-refractivity contribution is 0.0746. The van der Waals surface area contributed by atoms with Crippen LogP contribution < -0.4 is 5.73 Å². The van der Waals surface area contributed by atoms with Crippen LogP contribution in [0.3, 0.4) is 0 Å². The Hall–Kier alpha value is -2.08. The second-order valence-corrected chi connectivity index (χ2v) is 3.39. The molecular formula is C10H11N3O3. The fourth-order valence-corrected chi connectivity index (χ4v) is 1.52. The highest BCUT2D eigenvalue weighted by Crippen LogP contribution is 2.20. The molecule has 0 fully saturated rings. The van der Waals surface area contributed by atoms with E-state index in [4.69, 9.17) is 10.4 Å². The Bertz CT molecular complexity index is 529. The second-order valence-electron chi connectivity index (χ2n) is 3.39. The molecule has 1 aromatic rings. The summed E-state index contributed by atoms with van der Waals surface area (Å²) in [5.74, 6) is -0.465. The lowest BCUT2D eigenvalue weighted by atomic mass is 10.0. The van der Waals surface area contributed by atoms with Crippen molar-refractivity contribution in [3.05, 3.63) is 29.6 Å². The molecule has 6 nitrogen and oxygen atoms in total. The van der Waals surface area contributed by atoms with E-state index in [1.165, 1.54) is 19.2 Å². The van der Waals surface area contributed by atoms with Gasteiger partial charge in [-0.15, -0.1) is 4.74 Å². The molecule has 6 heteroatoms. The van der Waals surface area contributed by atoms with Gasteiger partial charge in [0.25, 0.3) is 5.91 Å². The third-order valence-corrected chi connectivity index (χ3v) is 2.29. The van der Waals surface area contributed by atoms with E-state index in [-0.39, 0.29) is 18.2 Å². The fraction of sp³-hybridized carbons (Fsp3) is 0.200. The van der Waals surface area contributed by atoms with E-state index in [0.717, 1.165) is 4.74 Å². The molecule has 0 unspecified atom stereocenters. The Labute approximate surface area is 91.0 Å². The van der Waals surface area contributed by atoms with E-state index in [2.05, 4.69) is 5.16 Å². The van der Waals surface area contributed by atoms with Crippen molar-refractivity contribution in [1.82, 2.24) is 9.90 Å². The predicted molar refractivity (Wildman–Crippen MR) is 56.3 cm³/mol. The van der Waals surface area contributed by atoms with Crippen LogP contribution in [0.4, 0.5) is 0 Å². The minimum atomic E-state index is -0.304. The molecule has 0 atom stereocenters. The summed E-state index contributed by atoms with van der Waals surface area (Å²) in [6, 6.07) is 1.58. The van der Waals surface area contributed by atoms with Gasteiger partial charge in [0.15, 0.2) is 5.78 Å². The maximum absolute atomic E-state index is 11.6. The molecule has 3 N–H and O–H groups in total. The number of carbonyl (C=O) groups excluding carboxylic acids is 2. The van der Waals surface area contributed by atoms with E-state index in [9.17, 15) is 9.59 Å². The van der Waals surface area contributed by atoms with Crippen molar-refractivity contribution in [1.29, 1.82) is 0 Å². The van der Waals surface area contributed by atoms with Gasteiger partial charge in [0.1, 0.15) is 0 Å². The Morgan fingerprint density at radius 1 is 1.62 bits per heavy atom. The summed E-state index contributed by atoms with van der Waals surface area (Å²) in [5, 5.41) is 2.42. The number of ketones is 1. The first-order valence-electron chi connectivity index (χ1n) is 4.74. The topological polar surface area (TPSA) is 94.0 Å². The van der Waals surface area contributed by atoms with E-state index in [0.29, 0.717) is 16.8 Å². The van der Waals surface area contributed by atoms with E-state index < -0.39 is 0 Å². The van der Waals surface area contributed by atoms with Gasteiger partial charge < -0.3 is 5.73 Å². The standard InChI is InChI=1S/C10H11N3O3/c1-6(14)13-9-2-8(5-12-16-13)10(15)3-7(9)4-11/h2-3,5,12H,4,11H2,1H3. The second kappa shape index (κ2) is 3.82. The average molecular weight is 221 g/mol. The molecular weight excluding hydrogens is 210 g/mol. The number of H-pyrrole nitrogens is 1. The van der Waals surface area contributed by atoms with E-state index in [1.807, 2.05) is 0 Å². The summed E-state index contributed by atoms with van der Waals surface area (Å²) in [6.07, 6.45) is 2.81. The van der Waals surface area contributed by atoms with Gasteiger partial charge in [-0.05, 0) is 17.7 Å². The number of nitrogens with one attached hydrogen (secondary N) is 1. The summed E-state index contributed by atoms with van der Waals surface area (Å²) in [7, 11) is 0. The third kappa shape index (κ3) is 1.59. The van der Waals surface area contributed by atoms with Crippen molar-refractivity contribution in [3.8, 4) is 0 Å². The Balaban J connectivity index is 2.75. The Morgan fingerprint density at radius 2 is 2.38 bits per heavy atom. The molecule has 1 aliphatic rings. The summed E-state index contributed by atoms with van der Waals surface area (Å²) in [4.78, 5) is 22.9. The van der Waals surface area contributed by atoms with Crippen LogP contribution in [0.25, 0.3) is 5.57 Å². The number of carbonyl (C=O) groups is 2. The monoisotopic (exact) mass is 221 g/mol. The lowest BCUT2D eigenvalue weighted by Gasteiger charge is -2.10. The molecule has 0 spiro atoms. The smallest absolute Gasteiger partial charge is 0.259 e. The first-order valence-corrected chi connectivity index (χ1v) is 4.74. The minimum Gasteiger partial charge on any atom is -0.326 e. The fourth-order valence-electron chi connectivity index (χ4n) is 1.52. The number of hydrogen-bond donors (Lipinski definition) is 2. The van der Waals surface area contributed by atoms with Crippen LogP contribution in [0.1, 0.15) is 27.8 Å². The molecule has 0 amide bonds. The minimum absolute atomic E-state index is 0.161. The first-order chi connectivity index (χ1) is 7.63. The van der Waals surface area contributed by atoms with Crippen LogP contribution in [0.15, 0.2) is 23.0 Å². The van der Waals surface area contributed by atoms with Gasteiger partial charge in [0, 0.05) is 25.2 Å². The number of aromatic nitrogens is 2. The molecule has 2 rings (SSSR count). The zero-order chi connectivity index (χ0) is 11.7. The van der Waals surface area contributed by atoms with Crippen molar-refractivity contribution in [2.24, 2.45) is 5.73 Å². The molecule has 0 radical (unpaired) electrons. The highest BCUT2D eigenvalue weighted by Gasteiger charge is 2.18. The average Bonchev–Trinajstić information content (AvgIpc) is 2.44. The van der Waals surface area contributed by atoms with Gasteiger partial charge in [-0.25, -0.2) is 5.16 Å². The largest absolute Gasteiger partial charge is 0.326 e. The number of rotatable bonds is 1. The quantitative estimate of drug-likeness (QED) is 0.731. The molecule has 0 saturated carbocycles. The maximum Gasteiger partial charge on any atom is 0.259 e. The van der Waals surface area contributed by atoms with E-state index in [1.54, 1.807) is 6.07 Å². The summed E-state index contributed by atoms with van der Waals surface area (Å²) < 4.78 is 6.06. The van der Waals surface area contributed by atoms with Crippen molar-refractivity contribution in [2.45, 2.75) is 6.92 Å². The maximum atomic E-state index is 11.6. The number of fused-ring (bicyclic) bond motifs is 2. The van der Waals surface area contributed by atoms with Gasteiger partial charge >= 0.3 is 0 Å². The molecule has 0 aliphatic heterocycles. The summed E-state index contributed by atoms with van der Waals surface area (Å²) in [5.41, 5.74) is 7.01. The van der Waals surface area contributed by atoms with Crippen LogP contribution >= 0.6 is 0 Å². The summed E-state index contributed by atoms with van der Waals surface area (Å²) >= 11 is 0. The zero-order valence-corrected chi connectivity index (χ0v) is 8.69. The molecule has 0 aromatic carbocycles. The SMILES string of the molecule is CC(=O)n1o[nH]cc2cc1C(CN)=CC2=O. The van der Waals surface area contributed by atoms with Gasteiger partial charge in [0.2, 0.25) is 0 Å². The van der Waals surface area contributed by atoms with Crippen molar-refractivity contribution >= 4 is 17.3 Å². The molecule has 1 aliphatic carbocycles. The van der Waals surface area contributed by atoms with Gasteiger partial charge in [0.05, 0.1) is 5.69 Å². The Kier molecular flexibility index (Phi) is 2.49. The molecule has 16 heavy (non-hydrogen) atoms. The van der Waals surface area contributed by atoms with Crippen LogP contribution in [0.5, 0.6) is 0 Å². The normalized spacial score (nSPS) is 13.4. The summed E-state index contributed by atoms with van der Waals surface area (Å²) in [6.45, 7) is 1.52. The molecule has 0 saturated heterocycles. The van der Waals surface area contributed by atoms with Crippen molar-refractivity contribution in [2.75, 3.05) is 6.54 Å². The number of nitrogens with two attached hydrogens (primary N) is 1. The lowest BCUT2D eigenvalue weighted by Crippen LogP contribution is -2.16. The third-order valence-electron chi connectivity index (χ3n) is 2.29. The highest BCUT2D eigenvalue weighted by molar-refractivity contribution is 6.11. The molecule has 1 aromatic heterocycles. The van der Waals surface area contributed by atoms with E-state index >= 15 is 0 Å². The highest BCUT2D eigenvalue weighted by atomic mass is 16.6. The van der Waals surface area contributed by atoms with Crippen molar-refractivity contribution in [3.63, 3.8) is 0 Å². The van der Waals surface area contributed by atoms with Crippen LogP contribution in [0.2, 0.25) is 0 Å². The number of hydrogen-bond acceptors (Lipinski definition) is 4. The first kappa shape index (κ1) is 10.4. The number of nitrogens with zero attached hydrogens (tertiary/aromatic N) is 1. The molecule has 84 valence electrons. The number of allylic oxidation sites excluding steroid dienone is 1. The van der Waals surface area contributed by atoms with Gasteiger partial charge in [-0.3, -0.25) is 14.2 Å². The van der Waals surface area contributed by atoms with Crippen molar-refractivity contribution < 1.29 is 14.2 Å². The molecule has 1 heterocycles. The predicted octanol–water partition coefficient (Wildman–Crippen LogP) is 0.732. The van der Waals surface area contributed by atoms with Crippen LogP contribution in [0, 0.1) is 0 Å². The van der Waals surface area contributed by atoms with Crippen LogP contribution in [-0.4, -0.2) is 28.1 Å². The van der Waals surface area contributed by atoms with Gasteiger partial charge in [-0.1, -0.05) is 0 Å².